The summed E-state index contributed by atoms with van der Waals surface area (Å²) in [4.78, 5) is 26.3. The second-order valence-corrected chi connectivity index (χ2v) is 7.44. The molecule has 1 aromatic heterocycles. The van der Waals surface area contributed by atoms with Crippen LogP contribution in [0, 0.1) is 0 Å². The zero-order valence-corrected chi connectivity index (χ0v) is 16.8. The summed E-state index contributed by atoms with van der Waals surface area (Å²) in [7, 11) is 0. The van der Waals surface area contributed by atoms with Crippen LogP contribution < -0.4 is 5.32 Å². The number of amides is 3. The van der Waals surface area contributed by atoms with Gasteiger partial charge in [0.2, 0.25) is 0 Å². The number of halogens is 1. The van der Waals surface area contributed by atoms with E-state index < -0.39 is 6.04 Å². The largest absolute Gasteiger partial charge is 0.326 e. The van der Waals surface area contributed by atoms with Gasteiger partial charge in [0.1, 0.15) is 6.04 Å². The van der Waals surface area contributed by atoms with Crippen molar-refractivity contribution in [3.63, 3.8) is 0 Å². The molecule has 0 aliphatic carbocycles. The average molecular weight is 409 g/mol. The number of para-hydroxylation sites is 1. The number of rotatable bonds is 6. The summed E-state index contributed by atoms with van der Waals surface area (Å²) in [6.45, 7) is 2.15. The molecule has 0 bridgehead atoms. The van der Waals surface area contributed by atoms with Crippen molar-refractivity contribution in [2.24, 2.45) is 0 Å². The lowest BCUT2D eigenvalue weighted by Gasteiger charge is -2.13. The van der Waals surface area contributed by atoms with Crippen molar-refractivity contribution in [3.8, 4) is 16.9 Å². The zero-order valence-electron chi connectivity index (χ0n) is 16.0. The van der Waals surface area contributed by atoms with E-state index in [1.807, 2.05) is 55.6 Å². The summed E-state index contributed by atoms with van der Waals surface area (Å²) >= 11 is 6.03. The third-order valence-electron chi connectivity index (χ3n) is 4.94. The third kappa shape index (κ3) is 3.89. The first-order valence-electron chi connectivity index (χ1n) is 9.58. The highest BCUT2D eigenvalue weighted by Crippen LogP contribution is 2.27. The van der Waals surface area contributed by atoms with Gasteiger partial charge in [-0.25, -0.2) is 9.48 Å². The van der Waals surface area contributed by atoms with E-state index in [1.54, 1.807) is 16.8 Å². The van der Waals surface area contributed by atoms with Crippen molar-refractivity contribution in [3.05, 3.63) is 71.4 Å². The summed E-state index contributed by atoms with van der Waals surface area (Å²) in [5.74, 6) is -0.189. The molecule has 7 heteroatoms. The van der Waals surface area contributed by atoms with Gasteiger partial charge in [-0.3, -0.25) is 9.69 Å². The van der Waals surface area contributed by atoms with Crippen molar-refractivity contribution in [2.45, 2.75) is 32.4 Å². The SMILES string of the molecule is CCCC1NC(=O)N(Cc2cn(-c3ccccc3)nc2-c2ccc(Cl)cc2)C1=O. The molecule has 1 N–H and O–H groups in total. The van der Waals surface area contributed by atoms with E-state index >= 15 is 0 Å². The molecule has 1 atom stereocenters. The first kappa shape index (κ1) is 19.2. The number of benzene rings is 2. The minimum absolute atomic E-state index is 0.162. The van der Waals surface area contributed by atoms with Crippen LogP contribution in [-0.2, 0) is 11.3 Å². The highest BCUT2D eigenvalue weighted by atomic mass is 35.5. The van der Waals surface area contributed by atoms with E-state index in [1.165, 1.54) is 4.90 Å². The maximum absolute atomic E-state index is 12.7. The molecule has 0 spiro atoms. The quantitative estimate of drug-likeness (QED) is 0.614. The van der Waals surface area contributed by atoms with Gasteiger partial charge < -0.3 is 5.32 Å². The number of hydrogen-bond donors (Lipinski definition) is 1. The number of carbonyl (C=O) groups excluding carboxylic acids is 2. The molecule has 29 heavy (non-hydrogen) atoms. The number of aromatic nitrogens is 2. The Kier molecular flexibility index (Phi) is 5.36. The molecule has 0 saturated carbocycles. The lowest BCUT2D eigenvalue weighted by atomic mass is 10.1. The van der Waals surface area contributed by atoms with Crippen LogP contribution in [0.5, 0.6) is 0 Å². The summed E-state index contributed by atoms with van der Waals surface area (Å²) in [6.07, 6.45) is 3.33. The van der Waals surface area contributed by atoms with E-state index in [9.17, 15) is 9.59 Å². The predicted molar refractivity (Wildman–Crippen MR) is 112 cm³/mol. The lowest BCUT2D eigenvalue weighted by molar-refractivity contribution is -0.128. The Morgan fingerprint density at radius 3 is 2.48 bits per heavy atom. The van der Waals surface area contributed by atoms with E-state index in [4.69, 9.17) is 16.7 Å². The van der Waals surface area contributed by atoms with Gasteiger partial charge in [-0.2, -0.15) is 5.10 Å². The Bertz CT molecular complexity index is 1030. The molecule has 2 heterocycles. The average Bonchev–Trinajstić information content (AvgIpc) is 3.26. The molecule has 1 saturated heterocycles. The van der Waals surface area contributed by atoms with Crippen LogP contribution in [0.15, 0.2) is 60.8 Å². The maximum atomic E-state index is 12.7. The molecule has 1 unspecified atom stereocenters. The van der Waals surface area contributed by atoms with E-state index in [-0.39, 0.29) is 18.5 Å². The van der Waals surface area contributed by atoms with Crippen LogP contribution in [0.3, 0.4) is 0 Å². The fourth-order valence-electron chi connectivity index (χ4n) is 3.47. The monoisotopic (exact) mass is 408 g/mol. The maximum Gasteiger partial charge on any atom is 0.325 e. The molecular formula is C22H21ClN4O2. The summed E-state index contributed by atoms with van der Waals surface area (Å²) in [5, 5.41) is 8.14. The highest BCUT2D eigenvalue weighted by Gasteiger charge is 2.37. The van der Waals surface area contributed by atoms with E-state index in [0.717, 1.165) is 23.2 Å². The van der Waals surface area contributed by atoms with Gasteiger partial charge in [-0.1, -0.05) is 55.3 Å². The first-order chi connectivity index (χ1) is 14.1. The van der Waals surface area contributed by atoms with Crippen molar-refractivity contribution >= 4 is 23.5 Å². The number of nitrogens with zero attached hydrogens (tertiary/aromatic N) is 3. The van der Waals surface area contributed by atoms with Gasteiger partial charge in [-0.15, -0.1) is 0 Å². The van der Waals surface area contributed by atoms with Crippen LogP contribution >= 0.6 is 11.6 Å². The zero-order chi connectivity index (χ0) is 20.4. The van der Waals surface area contributed by atoms with Crippen LogP contribution in [0.1, 0.15) is 25.3 Å². The van der Waals surface area contributed by atoms with E-state index in [2.05, 4.69) is 5.32 Å². The number of urea groups is 1. The number of carbonyl (C=O) groups is 2. The van der Waals surface area contributed by atoms with E-state index in [0.29, 0.717) is 17.1 Å². The Morgan fingerprint density at radius 2 is 1.79 bits per heavy atom. The fourth-order valence-corrected chi connectivity index (χ4v) is 3.60. The van der Waals surface area contributed by atoms with Gasteiger partial charge in [0.05, 0.1) is 17.9 Å². The normalized spacial score (nSPS) is 16.3. The Hall–Kier alpha value is -3.12. The van der Waals surface area contributed by atoms with Crippen LogP contribution in [0.2, 0.25) is 5.02 Å². The Balaban J connectivity index is 1.71. The van der Waals surface area contributed by atoms with Crippen LogP contribution in [0.25, 0.3) is 16.9 Å². The molecular weight excluding hydrogens is 388 g/mol. The summed E-state index contributed by atoms with van der Waals surface area (Å²) in [6, 6.07) is 16.3. The fraction of sp³-hybridized carbons (Fsp3) is 0.227. The van der Waals surface area contributed by atoms with Crippen LogP contribution in [0.4, 0.5) is 4.79 Å². The van der Waals surface area contributed by atoms with Gasteiger partial charge in [0.15, 0.2) is 0 Å². The van der Waals surface area contributed by atoms with Crippen molar-refractivity contribution in [1.29, 1.82) is 0 Å². The molecule has 3 amide bonds. The topological polar surface area (TPSA) is 67.2 Å². The second kappa shape index (κ2) is 8.09. The standard InChI is InChI=1S/C22H21ClN4O2/c1-2-6-19-21(28)26(22(29)24-19)13-16-14-27(18-7-4-3-5-8-18)25-20(16)15-9-11-17(23)12-10-15/h3-5,7-12,14,19H,2,6,13H2,1H3,(H,24,29). The summed E-state index contributed by atoms with van der Waals surface area (Å²) < 4.78 is 1.77. The number of imide groups is 1. The Morgan fingerprint density at radius 1 is 1.07 bits per heavy atom. The van der Waals surface area contributed by atoms with Crippen molar-refractivity contribution in [1.82, 2.24) is 20.0 Å². The molecule has 3 aromatic rings. The molecule has 148 valence electrons. The van der Waals surface area contributed by atoms with Crippen molar-refractivity contribution < 1.29 is 9.59 Å². The predicted octanol–water partition coefficient (Wildman–Crippen LogP) is 4.41. The lowest BCUT2D eigenvalue weighted by Crippen LogP contribution is -2.31. The minimum atomic E-state index is -0.448. The van der Waals surface area contributed by atoms with Gasteiger partial charge >= 0.3 is 6.03 Å². The molecule has 1 fully saturated rings. The smallest absolute Gasteiger partial charge is 0.325 e. The second-order valence-electron chi connectivity index (χ2n) is 7.01. The van der Waals surface area contributed by atoms with Gasteiger partial charge in [0.25, 0.3) is 5.91 Å². The van der Waals surface area contributed by atoms with Crippen molar-refractivity contribution in [2.75, 3.05) is 0 Å². The Labute approximate surface area is 174 Å². The van der Waals surface area contributed by atoms with Gasteiger partial charge in [0, 0.05) is 22.3 Å². The summed E-state index contributed by atoms with van der Waals surface area (Å²) in [5.41, 5.74) is 3.27. The van der Waals surface area contributed by atoms with Gasteiger partial charge in [-0.05, 0) is 30.7 Å². The molecule has 1 aliphatic heterocycles. The first-order valence-corrected chi connectivity index (χ1v) is 9.96. The molecule has 4 rings (SSSR count). The molecule has 2 aromatic carbocycles. The molecule has 1 aliphatic rings. The highest BCUT2D eigenvalue weighted by molar-refractivity contribution is 6.30. The molecule has 0 radical (unpaired) electrons. The number of nitrogens with one attached hydrogen (secondary N) is 1. The minimum Gasteiger partial charge on any atom is -0.326 e. The molecule has 6 nitrogen and oxygen atoms in total. The third-order valence-corrected chi connectivity index (χ3v) is 5.19. The number of hydrogen-bond acceptors (Lipinski definition) is 3. The van der Waals surface area contributed by atoms with Crippen LogP contribution in [-0.4, -0.2) is 32.7 Å².